The van der Waals surface area contributed by atoms with Crippen LogP contribution >= 0.6 is 11.6 Å². The third kappa shape index (κ3) is 4.53. The molecule has 4 rings (SSSR count). The van der Waals surface area contributed by atoms with Gasteiger partial charge >= 0.3 is 5.97 Å². The summed E-state index contributed by atoms with van der Waals surface area (Å²) < 4.78 is 6.81. The lowest BCUT2D eigenvalue weighted by molar-refractivity contribution is -0.124. The molecule has 0 spiro atoms. The van der Waals surface area contributed by atoms with Crippen molar-refractivity contribution in [3.63, 3.8) is 0 Å². The zero-order chi connectivity index (χ0) is 22.7. The average molecular weight is 453 g/mol. The van der Waals surface area contributed by atoms with Crippen molar-refractivity contribution in [2.24, 2.45) is 0 Å². The molecule has 7 nitrogen and oxygen atoms in total. The number of esters is 1. The molecule has 1 amide bonds. The van der Waals surface area contributed by atoms with E-state index in [1.165, 1.54) is 5.56 Å². The van der Waals surface area contributed by atoms with Gasteiger partial charge in [-0.05, 0) is 50.5 Å². The highest BCUT2D eigenvalue weighted by Gasteiger charge is 2.38. The van der Waals surface area contributed by atoms with Crippen molar-refractivity contribution in [1.29, 1.82) is 0 Å². The molecule has 2 heterocycles. The molecule has 1 aliphatic carbocycles. The molecule has 1 saturated carbocycles. The number of carbonyl (C=O) groups excluding carboxylic acids is 2. The van der Waals surface area contributed by atoms with Crippen LogP contribution in [0.25, 0.3) is 5.82 Å². The van der Waals surface area contributed by atoms with Gasteiger partial charge in [-0.2, -0.15) is 5.10 Å². The summed E-state index contributed by atoms with van der Waals surface area (Å²) in [4.78, 5) is 29.2. The predicted molar refractivity (Wildman–Crippen MR) is 121 cm³/mol. The number of amides is 1. The summed E-state index contributed by atoms with van der Waals surface area (Å²) >= 11 is 6.16. The first kappa shape index (κ1) is 22.0. The van der Waals surface area contributed by atoms with Gasteiger partial charge in [-0.1, -0.05) is 48.4 Å². The summed E-state index contributed by atoms with van der Waals surface area (Å²) in [6.07, 6.45) is 3.18. The number of aromatic nitrogens is 3. The van der Waals surface area contributed by atoms with Gasteiger partial charge in [0.05, 0.1) is 10.7 Å². The number of hydrogen-bond donors (Lipinski definition) is 1. The number of rotatable bonds is 7. The number of nitrogens with zero attached hydrogens (tertiary/aromatic N) is 3. The van der Waals surface area contributed by atoms with Crippen LogP contribution in [0.1, 0.15) is 46.7 Å². The SMILES string of the molecule is Cc1cc(C)n(-c2ccc(Cl)c(C(=O)OCC(=O)NCC3(c4ccccc4)CCC3)n2)n1. The van der Waals surface area contributed by atoms with E-state index in [1.807, 2.05) is 38.1 Å². The van der Waals surface area contributed by atoms with Gasteiger partial charge < -0.3 is 10.1 Å². The molecule has 0 radical (unpaired) electrons. The van der Waals surface area contributed by atoms with E-state index in [1.54, 1.807) is 16.8 Å². The monoisotopic (exact) mass is 452 g/mol. The Labute approximate surface area is 191 Å². The van der Waals surface area contributed by atoms with Gasteiger partial charge in [0.1, 0.15) is 0 Å². The molecule has 8 heteroatoms. The zero-order valence-corrected chi connectivity index (χ0v) is 18.9. The lowest BCUT2D eigenvalue weighted by Gasteiger charge is -2.42. The third-order valence-corrected chi connectivity index (χ3v) is 6.21. The lowest BCUT2D eigenvalue weighted by atomic mass is 9.64. The summed E-state index contributed by atoms with van der Waals surface area (Å²) in [6.45, 7) is 3.88. The highest BCUT2D eigenvalue weighted by molar-refractivity contribution is 6.33. The van der Waals surface area contributed by atoms with Crippen molar-refractivity contribution >= 4 is 23.5 Å². The van der Waals surface area contributed by atoms with E-state index in [2.05, 4.69) is 27.5 Å². The Morgan fingerprint density at radius 3 is 2.53 bits per heavy atom. The fraction of sp³-hybridized carbons (Fsp3) is 0.333. The van der Waals surface area contributed by atoms with Crippen molar-refractivity contribution in [1.82, 2.24) is 20.1 Å². The van der Waals surface area contributed by atoms with Crippen molar-refractivity contribution in [3.8, 4) is 5.82 Å². The Morgan fingerprint density at radius 2 is 1.91 bits per heavy atom. The highest BCUT2D eigenvalue weighted by atomic mass is 35.5. The van der Waals surface area contributed by atoms with Crippen LogP contribution in [0.3, 0.4) is 0 Å². The second-order valence-corrected chi connectivity index (χ2v) is 8.60. The Balaban J connectivity index is 1.37. The van der Waals surface area contributed by atoms with Crippen LogP contribution in [0.2, 0.25) is 5.02 Å². The maximum absolute atomic E-state index is 12.6. The molecule has 0 bridgehead atoms. The van der Waals surface area contributed by atoms with Gasteiger partial charge in [0.2, 0.25) is 0 Å². The molecule has 166 valence electrons. The van der Waals surface area contributed by atoms with E-state index in [-0.39, 0.29) is 22.0 Å². The fourth-order valence-corrected chi connectivity index (χ4v) is 4.22. The Hall–Kier alpha value is -3.19. The molecule has 0 unspecified atom stereocenters. The zero-order valence-electron chi connectivity index (χ0n) is 18.1. The van der Waals surface area contributed by atoms with E-state index in [0.717, 1.165) is 30.7 Å². The first-order valence-electron chi connectivity index (χ1n) is 10.6. The van der Waals surface area contributed by atoms with E-state index >= 15 is 0 Å². The van der Waals surface area contributed by atoms with E-state index in [4.69, 9.17) is 16.3 Å². The first-order valence-corrected chi connectivity index (χ1v) is 11.0. The van der Waals surface area contributed by atoms with Gasteiger partial charge in [-0.25, -0.2) is 14.5 Å². The molecule has 0 aliphatic heterocycles. The van der Waals surface area contributed by atoms with Crippen LogP contribution < -0.4 is 5.32 Å². The summed E-state index contributed by atoms with van der Waals surface area (Å²) in [5.41, 5.74) is 2.84. The predicted octanol–water partition coefficient (Wildman–Crippen LogP) is 3.93. The van der Waals surface area contributed by atoms with Gasteiger partial charge in [0.25, 0.3) is 5.91 Å². The number of pyridine rings is 1. The molecule has 32 heavy (non-hydrogen) atoms. The second-order valence-electron chi connectivity index (χ2n) is 8.19. The minimum Gasteiger partial charge on any atom is -0.451 e. The van der Waals surface area contributed by atoms with E-state index in [9.17, 15) is 9.59 Å². The Bertz CT molecular complexity index is 1140. The summed E-state index contributed by atoms with van der Waals surface area (Å²) in [5.74, 6) is -0.660. The summed E-state index contributed by atoms with van der Waals surface area (Å²) in [6, 6.07) is 15.3. The quantitative estimate of drug-likeness (QED) is 0.549. The molecular formula is C24H25ClN4O3. The Morgan fingerprint density at radius 1 is 1.16 bits per heavy atom. The minimum absolute atomic E-state index is 0.0418. The van der Waals surface area contributed by atoms with Gasteiger partial charge in [0.15, 0.2) is 18.1 Å². The van der Waals surface area contributed by atoms with Crippen LogP contribution in [0.5, 0.6) is 0 Å². The fourth-order valence-electron chi connectivity index (χ4n) is 4.03. The second kappa shape index (κ2) is 9.12. The van der Waals surface area contributed by atoms with Crippen LogP contribution in [-0.2, 0) is 14.9 Å². The highest BCUT2D eigenvalue weighted by Crippen LogP contribution is 2.43. The van der Waals surface area contributed by atoms with Crippen molar-refractivity contribution in [2.45, 2.75) is 38.5 Å². The number of benzene rings is 1. The van der Waals surface area contributed by atoms with E-state index < -0.39 is 12.6 Å². The van der Waals surface area contributed by atoms with Crippen molar-refractivity contribution < 1.29 is 14.3 Å². The molecule has 1 fully saturated rings. The van der Waals surface area contributed by atoms with Gasteiger partial charge in [-0.15, -0.1) is 0 Å². The first-order chi connectivity index (χ1) is 15.4. The third-order valence-electron chi connectivity index (χ3n) is 5.91. The number of hydrogen-bond acceptors (Lipinski definition) is 5. The van der Waals surface area contributed by atoms with Gasteiger partial charge in [-0.3, -0.25) is 4.79 Å². The standard InChI is InChI=1S/C24H25ClN4O3/c1-16-13-17(2)29(28-16)20-10-9-19(25)22(27-20)23(31)32-14-21(30)26-15-24(11-6-12-24)18-7-4-3-5-8-18/h3-5,7-10,13H,6,11-12,14-15H2,1-2H3,(H,26,30). The number of carbonyl (C=O) groups is 2. The van der Waals surface area contributed by atoms with Crippen LogP contribution in [-0.4, -0.2) is 39.8 Å². The summed E-state index contributed by atoms with van der Waals surface area (Å²) in [7, 11) is 0. The van der Waals surface area contributed by atoms with Crippen molar-refractivity contribution in [2.75, 3.05) is 13.2 Å². The largest absolute Gasteiger partial charge is 0.451 e. The van der Waals surface area contributed by atoms with Gasteiger partial charge in [0, 0.05) is 17.7 Å². The number of aryl methyl sites for hydroxylation is 2. The number of halogens is 1. The minimum atomic E-state index is -0.755. The summed E-state index contributed by atoms with van der Waals surface area (Å²) in [5, 5.41) is 7.43. The maximum Gasteiger partial charge on any atom is 0.359 e. The average Bonchev–Trinajstić information content (AvgIpc) is 3.10. The lowest BCUT2D eigenvalue weighted by Crippen LogP contribution is -2.46. The Kier molecular flexibility index (Phi) is 6.28. The molecule has 1 N–H and O–H groups in total. The van der Waals surface area contributed by atoms with Crippen LogP contribution in [0, 0.1) is 13.8 Å². The number of ether oxygens (including phenoxy) is 1. The van der Waals surface area contributed by atoms with Crippen molar-refractivity contribution in [3.05, 3.63) is 76.2 Å². The maximum atomic E-state index is 12.6. The molecule has 0 atom stereocenters. The molecule has 2 aromatic heterocycles. The van der Waals surface area contributed by atoms with Crippen LogP contribution in [0.4, 0.5) is 0 Å². The topological polar surface area (TPSA) is 86.1 Å². The molecular weight excluding hydrogens is 428 g/mol. The molecule has 1 aromatic carbocycles. The van der Waals surface area contributed by atoms with Crippen LogP contribution in [0.15, 0.2) is 48.5 Å². The van der Waals surface area contributed by atoms with E-state index in [0.29, 0.717) is 12.4 Å². The number of nitrogens with one attached hydrogen (secondary N) is 1. The molecule has 1 aliphatic rings. The normalized spacial score (nSPS) is 14.5. The molecule has 0 saturated heterocycles. The smallest absolute Gasteiger partial charge is 0.359 e. The molecule has 3 aromatic rings.